The highest BCUT2D eigenvalue weighted by atomic mass is 16.5. The molecule has 148 valence electrons. The monoisotopic (exact) mass is 386 g/mol. The zero-order valence-corrected chi connectivity index (χ0v) is 15.8. The van der Waals surface area contributed by atoms with E-state index < -0.39 is 6.10 Å². The van der Waals surface area contributed by atoms with Gasteiger partial charge in [-0.15, -0.1) is 0 Å². The van der Waals surface area contributed by atoms with Crippen LogP contribution in [0.25, 0.3) is 6.08 Å². The van der Waals surface area contributed by atoms with Crippen LogP contribution in [-0.2, 0) is 4.79 Å². The van der Waals surface area contributed by atoms with Crippen molar-refractivity contribution >= 4 is 12.4 Å². The third-order valence-electron chi connectivity index (χ3n) is 4.73. The number of aldehydes is 1. The molecule has 1 aliphatic heterocycles. The van der Waals surface area contributed by atoms with Crippen LogP contribution in [0.5, 0.6) is 28.7 Å². The molecule has 0 radical (unpaired) electrons. The third-order valence-corrected chi connectivity index (χ3v) is 4.73. The Kier molecular flexibility index (Phi) is 5.75. The Morgan fingerprint density at radius 2 is 1.68 bits per heavy atom. The molecule has 0 fully saturated rings. The van der Waals surface area contributed by atoms with Crippen LogP contribution >= 0.6 is 0 Å². The van der Waals surface area contributed by atoms with Gasteiger partial charge in [0.2, 0.25) is 5.75 Å². The van der Waals surface area contributed by atoms with Crippen LogP contribution in [0.4, 0.5) is 0 Å². The number of carbonyl (C=O) groups excluding carboxylic acids is 1. The molecule has 3 rings (SSSR count). The number of fused-ring (bicyclic) bond motifs is 1. The molecule has 0 saturated heterocycles. The van der Waals surface area contributed by atoms with Gasteiger partial charge in [0, 0.05) is 11.1 Å². The third kappa shape index (κ3) is 3.36. The van der Waals surface area contributed by atoms with Crippen LogP contribution in [0.1, 0.15) is 28.7 Å². The van der Waals surface area contributed by atoms with Gasteiger partial charge in [-0.1, -0.05) is 6.08 Å². The quantitative estimate of drug-likeness (QED) is 0.558. The summed E-state index contributed by atoms with van der Waals surface area (Å²) in [7, 11) is 4.42. The number of aromatic hydroxyl groups is 1. The summed E-state index contributed by atoms with van der Waals surface area (Å²) >= 11 is 0. The molecule has 0 unspecified atom stereocenters. The fourth-order valence-electron chi connectivity index (χ4n) is 3.39. The molecule has 0 aliphatic carbocycles. The number of aliphatic hydroxyl groups is 1. The van der Waals surface area contributed by atoms with Crippen LogP contribution in [0.2, 0.25) is 0 Å². The highest BCUT2D eigenvalue weighted by Gasteiger charge is 2.38. The van der Waals surface area contributed by atoms with Gasteiger partial charge in [-0.25, -0.2) is 0 Å². The standard InChI is InChI=1S/C21H22O7/c1-25-16-9-13(10-17(26-2)19(16)24)20-15(11-23)14-7-12(5-4-6-22)8-18(27-3)21(14)28-20/h4-10,15,20,23-24H,11H2,1-3H3/b5-4+/t15-,20+/m0/s1. The molecule has 0 aromatic heterocycles. The molecular formula is C21H22O7. The molecule has 28 heavy (non-hydrogen) atoms. The van der Waals surface area contributed by atoms with Gasteiger partial charge in [0.05, 0.1) is 33.9 Å². The lowest BCUT2D eigenvalue weighted by molar-refractivity contribution is -0.104. The number of methoxy groups -OCH3 is 3. The minimum atomic E-state index is -0.539. The Balaban J connectivity index is 2.10. The van der Waals surface area contributed by atoms with Gasteiger partial charge in [0.25, 0.3) is 0 Å². The van der Waals surface area contributed by atoms with Crippen molar-refractivity contribution < 1.29 is 34.0 Å². The summed E-state index contributed by atoms with van der Waals surface area (Å²) in [5.74, 6) is 1.03. The van der Waals surface area contributed by atoms with E-state index in [-0.39, 0.29) is 29.8 Å². The highest BCUT2D eigenvalue weighted by molar-refractivity contribution is 5.75. The topological polar surface area (TPSA) is 94.5 Å². The lowest BCUT2D eigenvalue weighted by Gasteiger charge is -2.20. The first-order valence-corrected chi connectivity index (χ1v) is 8.64. The maximum Gasteiger partial charge on any atom is 0.200 e. The average molecular weight is 386 g/mol. The number of rotatable bonds is 7. The summed E-state index contributed by atoms with van der Waals surface area (Å²) in [5.41, 5.74) is 2.20. The van der Waals surface area contributed by atoms with Crippen LogP contribution in [0.3, 0.4) is 0 Å². The molecule has 0 saturated carbocycles. The Morgan fingerprint density at radius 1 is 1.04 bits per heavy atom. The molecule has 1 heterocycles. The Labute approximate surface area is 162 Å². The van der Waals surface area contributed by atoms with Crippen molar-refractivity contribution in [3.63, 3.8) is 0 Å². The number of ether oxygens (including phenoxy) is 4. The largest absolute Gasteiger partial charge is 0.502 e. The molecule has 1 aliphatic rings. The molecule has 2 aromatic rings. The predicted molar refractivity (Wildman–Crippen MR) is 102 cm³/mol. The van der Waals surface area contributed by atoms with E-state index in [4.69, 9.17) is 18.9 Å². The zero-order chi connectivity index (χ0) is 20.3. The van der Waals surface area contributed by atoms with Crippen molar-refractivity contribution in [2.75, 3.05) is 27.9 Å². The van der Waals surface area contributed by atoms with Gasteiger partial charge in [0.15, 0.2) is 23.0 Å². The van der Waals surface area contributed by atoms with E-state index in [2.05, 4.69) is 0 Å². The van der Waals surface area contributed by atoms with Crippen molar-refractivity contribution in [2.45, 2.75) is 12.0 Å². The summed E-state index contributed by atoms with van der Waals surface area (Å²) in [4.78, 5) is 10.6. The maximum atomic E-state index is 10.6. The van der Waals surface area contributed by atoms with Gasteiger partial charge in [-0.05, 0) is 35.9 Å². The number of carbonyl (C=O) groups is 1. The zero-order valence-electron chi connectivity index (χ0n) is 15.8. The van der Waals surface area contributed by atoms with E-state index in [9.17, 15) is 15.0 Å². The number of hydrogen-bond acceptors (Lipinski definition) is 7. The summed E-state index contributed by atoms with van der Waals surface area (Å²) in [6.45, 7) is -0.173. The van der Waals surface area contributed by atoms with Crippen molar-refractivity contribution in [3.8, 4) is 28.7 Å². The van der Waals surface area contributed by atoms with E-state index in [1.807, 2.05) is 6.07 Å². The molecule has 0 bridgehead atoms. The smallest absolute Gasteiger partial charge is 0.200 e. The Morgan fingerprint density at radius 3 is 2.21 bits per heavy atom. The van der Waals surface area contributed by atoms with Gasteiger partial charge in [-0.3, -0.25) is 4.79 Å². The molecule has 2 aromatic carbocycles. The lowest BCUT2D eigenvalue weighted by atomic mass is 9.90. The van der Waals surface area contributed by atoms with E-state index in [0.717, 1.165) is 11.1 Å². The van der Waals surface area contributed by atoms with E-state index >= 15 is 0 Å². The average Bonchev–Trinajstić information content (AvgIpc) is 3.10. The minimum Gasteiger partial charge on any atom is -0.502 e. The van der Waals surface area contributed by atoms with Crippen molar-refractivity contribution in [1.82, 2.24) is 0 Å². The minimum absolute atomic E-state index is 0.108. The molecule has 0 amide bonds. The molecular weight excluding hydrogens is 364 g/mol. The normalized spacial score (nSPS) is 17.9. The number of benzene rings is 2. The predicted octanol–water partition coefficient (Wildman–Crippen LogP) is 2.84. The van der Waals surface area contributed by atoms with Gasteiger partial charge in [-0.2, -0.15) is 0 Å². The van der Waals surface area contributed by atoms with Crippen LogP contribution in [0, 0.1) is 0 Å². The van der Waals surface area contributed by atoms with Crippen LogP contribution in [0.15, 0.2) is 30.3 Å². The lowest BCUT2D eigenvalue weighted by Crippen LogP contribution is -2.13. The van der Waals surface area contributed by atoms with Crippen LogP contribution < -0.4 is 18.9 Å². The second kappa shape index (κ2) is 8.22. The van der Waals surface area contributed by atoms with E-state index in [0.29, 0.717) is 23.3 Å². The first-order valence-electron chi connectivity index (χ1n) is 8.64. The molecule has 7 heteroatoms. The number of allylic oxidation sites excluding steroid dienone is 1. The SMILES string of the molecule is COc1cc([C@H]2Oc3c(OC)cc(/C=C/C=O)cc3[C@@H]2CO)cc(OC)c1O. The Bertz CT molecular complexity index is 879. The Hall–Kier alpha value is -3.19. The summed E-state index contributed by atoms with van der Waals surface area (Å²) in [6, 6.07) is 6.91. The number of hydrogen-bond donors (Lipinski definition) is 2. The number of aliphatic hydroxyl groups excluding tert-OH is 1. The van der Waals surface area contributed by atoms with Crippen molar-refractivity contribution in [1.29, 1.82) is 0 Å². The fourth-order valence-corrected chi connectivity index (χ4v) is 3.39. The summed E-state index contributed by atoms with van der Waals surface area (Å²) in [6.07, 6.45) is 3.20. The molecule has 2 N–H and O–H groups in total. The first kappa shape index (κ1) is 19.6. The highest BCUT2D eigenvalue weighted by Crippen LogP contribution is 2.52. The maximum absolute atomic E-state index is 10.6. The molecule has 0 spiro atoms. The molecule has 2 atom stereocenters. The summed E-state index contributed by atoms with van der Waals surface area (Å²) < 4.78 is 22.0. The van der Waals surface area contributed by atoms with E-state index in [1.54, 1.807) is 24.3 Å². The second-order valence-corrected chi connectivity index (χ2v) is 6.24. The van der Waals surface area contributed by atoms with Gasteiger partial charge < -0.3 is 29.2 Å². The fraction of sp³-hybridized carbons (Fsp3) is 0.286. The van der Waals surface area contributed by atoms with Gasteiger partial charge in [0.1, 0.15) is 12.4 Å². The van der Waals surface area contributed by atoms with Crippen molar-refractivity contribution in [3.05, 3.63) is 47.0 Å². The van der Waals surface area contributed by atoms with Crippen molar-refractivity contribution in [2.24, 2.45) is 0 Å². The molecule has 7 nitrogen and oxygen atoms in total. The number of phenols is 1. The van der Waals surface area contributed by atoms with E-state index in [1.165, 1.54) is 27.4 Å². The van der Waals surface area contributed by atoms with Gasteiger partial charge >= 0.3 is 0 Å². The number of phenolic OH excluding ortho intramolecular Hbond substituents is 1. The summed E-state index contributed by atoms with van der Waals surface area (Å²) in [5, 5.41) is 20.2. The second-order valence-electron chi connectivity index (χ2n) is 6.24. The van der Waals surface area contributed by atoms with Crippen LogP contribution in [-0.4, -0.2) is 44.4 Å². The first-order chi connectivity index (χ1) is 13.6.